The van der Waals surface area contributed by atoms with Gasteiger partial charge in [-0.25, -0.2) is 4.79 Å². The zero-order valence-corrected chi connectivity index (χ0v) is 11.4. The van der Waals surface area contributed by atoms with Gasteiger partial charge >= 0.3 is 5.97 Å². The van der Waals surface area contributed by atoms with Crippen LogP contribution in [-0.4, -0.2) is 58.5 Å². The summed E-state index contributed by atoms with van der Waals surface area (Å²) >= 11 is 0. The van der Waals surface area contributed by atoms with Gasteiger partial charge in [-0.1, -0.05) is 23.3 Å². The molecule has 22 heavy (non-hydrogen) atoms. The molecule has 5 atom stereocenters. The fraction of sp³-hybridized carbons (Fsp3) is 0.462. The number of nitrogens with zero attached hydrogens (tertiary/aromatic N) is 3. The number of carbonyl (C=O) groups is 1. The molecule has 3 N–H and O–H groups in total. The molecule has 1 aromatic rings. The van der Waals surface area contributed by atoms with Crippen LogP contribution in [0, 0.1) is 0 Å². The van der Waals surface area contributed by atoms with Crippen molar-refractivity contribution in [2.24, 2.45) is 5.11 Å². The molecule has 2 unspecified atom stereocenters. The normalized spacial score (nSPS) is 31.1. The second-order valence-electron chi connectivity index (χ2n) is 4.67. The Kier molecular flexibility index (Phi) is 5.31. The maximum atomic E-state index is 12.1. The standard InChI is InChI=1S/C13H15N3O6/c14-16-15-9-11(10(18)8(6-17)21-13(9)20)22-12(19)7-4-2-1-3-5-7/h1-5,8-11,13,17-18,20H,6H2/t8?,9-,10-,11?,13+/m0/s1. The molecule has 1 saturated heterocycles. The molecular formula is C13H15N3O6. The molecule has 0 saturated carbocycles. The van der Waals surface area contributed by atoms with E-state index in [1.165, 1.54) is 12.1 Å². The van der Waals surface area contributed by atoms with Crippen LogP contribution >= 0.6 is 0 Å². The number of ether oxygens (including phenoxy) is 2. The Morgan fingerprint density at radius 2 is 2.05 bits per heavy atom. The van der Waals surface area contributed by atoms with Crippen LogP contribution in [-0.2, 0) is 9.47 Å². The molecule has 0 aromatic heterocycles. The van der Waals surface area contributed by atoms with E-state index in [9.17, 15) is 15.0 Å². The Hall–Kier alpha value is -2.16. The third-order valence-electron chi connectivity index (χ3n) is 3.28. The fourth-order valence-corrected chi connectivity index (χ4v) is 2.15. The number of rotatable bonds is 4. The Labute approximate surface area is 125 Å². The quantitative estimate of drug-likeness (QED) is 0.308. The molecule has 1 aromatic carbocycles. The Morgan fingerprint density at radius 3 is 2.64 bits per heavy atom. The predicted octanol–water partition coefficient (Wildman–Crippen LogP) is -0.0387. The summed E-state index contributed by atoms with van der Waals surface area (Å²) in [6.45, 7) is -0.597. The molecule has 0 spiro atoms. The number of hydrogen-bond donors (Lipinski definition) is 3. The molecule has 0 aliphatic carbocycles. The van der Waals surface area contributed by atoms with Crippen LogP contribution in [0.3, 0.4) is 0 Å². The van der Waals surface area contributed by atoms with E-state index >= 15 is 0 Å². The van der Waals surface area contributed by atoms with E-state index in [0.717, 1.165) is 0 Å². The van der Waals surface area contributed by atoms with Gasteiger partial charge in [-0.3, -0.25) is 0 Å². The van der Waals surface area contributed by atoms with Gasteiger partial charge in [-0.05, 0) is 17.7 Å². The fourth-order valence-electron chi connectivity index (χ4n) is 2.15. The van der Waals surface area contributed by atoms with E-state index in [2.05, 4.69) is 10.0 Å². The van der Waals surface area contributed by atoms with Crippen molar-refractivity contribution in [1.82, 2.24) is 0 Å². The van der Waals surface area contributed by atoms with E-state index in [-0.39, 0.29) is 5.56 Å². The third-order valence-corrected chi connectivity index (χ3v) is 3.28. The highest BCUT2D eigenvalue weighted by Crippen LogP contribution is 2.25. The van der Waals surface area contributed by atoms with Crippen molar-refractivity contribution in [3.8, 4) is 0 Å². The van der Waals surface area contributed by atoms with Gasteiger partial charge in [0.25, 0.3) is 0 Å². The summed E-state index contributed by atoms with van der Waals surface area (Å²) in [5, 5.41) is 32.3. The van der Waals surface area contributed by atoms with E-state index < -0.39 is 43.2 Å². The third kappa shape index (κ3) is 3.35. The number of carbonyl (C=O) groups excluding carboxylic acids is 1. The minimum absolute atomic E-state index is 0.232. The van der Waals surface area contributed by atoms with Crippen molar-refractivity contribution >= 4 is 5.97 Å². The van der Waals surface area contributed by atoms with Crippen molar-refractivity contribution in [1.29, 1.82) is 0 Å². The minimum Gasteiger partial charge on any atom is -0.455 e. The molecule has 9 heteroatoms. The highest BCUT2D eigenvalue weighted by Gasteiger charge is 2.46. The summed E-state index contributed by atoms with van der Waals surface area (Å²) in [5.74, 6) is -0.756. The summed E-state index contributed by atoms with van der Waals surface area (Å²) in [5.41, 5.74) is 8.77. The number of aliphatic hydroxyl groups is 3. The molecule has 0 amide bonds. The van der Waals surface area contributed by atoms with Crippen LogP contribution in [0.5, 0.6) is 0 Å². The monoisotopic (exact) mass is 309 g/mol. The van der Waals surface area contributed by atoms with Gasteiger partial charge in [0.1, 0.15) is 24.4 Å². The summed E-state index contributed by atoms with van der Waals surface area (Å²) in [6.07, 6.45) is -5.56. The van der Waals surface area contributed by atoms with Crippen LogP contribution in [0.1, 0.15) is 10.4 Å². The molecule has 118 valence electrons. The lowest BCUT2D eigenvalue weighted by molar-refractivity contribution is -0.248. The lowest BCUT2D eigenvalue weighted by atomic mass is 9.97. The molecule has 1 fully saturated rings. The number of azide groups is 1. The van der Waals surface area contributed by atoms with E-state index in [1.54, 1.807) is 18.2 Å². The lowest BCUT2D eigenvalue weighted by Crippen LogP contribution is -2.59. The number of esters is 1. The first-order valence-electron chi connectivity index (χ1n) is 6.51. The van der Waals surface area contributed by atoms with Crippen molar-refractivity contribution in [3.63, 3.8) is 0 Å². The first-order valence-corrected chi connectivity index (χ1v) is 6.51. The van der Waals surface area contributed by atoms with Crippen LogP contribution < -0.4 is 0 Å². The molecule has 1 aliphatic heterocycles. The molecular weight excluding hydrogens is 294 g/mol. The van der Waals surface area contributed by atoms with Crippen molar-refractivity contribution in [3.05, 3.63) is 46.3 Å². The highest BCUT2D eigenvalue weighted by molar-refractivity contribution is 5.89. The smallest absolute Gasteiger partial charge is 0.338 e. The van der Waals surface area contributed by atoms with Gasteiger partial charge in [-0.15, -0.1) is 0 Å². The summed E-state index contributed by atoms with van der Waals surface area (Å²) in [6, 6.07) is 6.68. The topological polar surface area (TPSA) is 145 Å². The Bertz CT molecular complexity index is 562. The van der Waals surface area contributed by atoms with E-state index in [4.69, 9.17) is 20.1 Å². The van der Waals surface area contributed by atoms with Gasteiger partial charge < -0.3 is 24.8 Å². The second-order valence-corrected chi connectivity index (χ2v) is 4.67. The van der Waals surface area contributed by atoms with Crippen molar-refractivity contribution < 1.29 is 29.6 Å². The van der Waals surface area contributed by atoms with Crippen molar-refractivity contribution in [2.75, 3.05) is 6.61 Å². The molecule has 9 nitrogen and oxygen atoms in total. The zero-order valence-electron chi connectivity index (χ0n) is 11.4. The van der Waals surface area contributed by atoms with Crippen LogP contribution in [0.15, 0.2) is 35.4 Å². The van der Waals surface area contributed by atoms with E-state index in [1.807, 2.05) is 0 Å². The molecule has 1 aliphatic rings. The Balaban J connectivity index is 2.22. The molecule has 2 rings (SSSR count). The SMILES string of the molecule is [N-]=[N+]=N[C@H]1C(OC(=O)c2ccccc2)[C@@H](O)C(CO)O[C@H]1O. The van der Waals surface area contributed by atoms with Crippen LogP contribution in [0.4, 0.5) is 0 Å². The average Bonchev–Trinajstić information content (AvgIpc) is 2.54. The minimum atomic E-state index is -1.61. The molecule has 0 bridgehead atoms. The highest BCUT2D eigenvalue weighted by atomic mass is 16.6. The van der Waals surface area contributed by atoms with Gasteiger partial charge in [0.15, 0.2) is 6.29 Å². The van der Waals surface area contributed by atoms with Gasteiger partial charge in [0.05, 0.1) is 12.2 Å². The second kappa shape index (κ2) is 7.21. The largest absolute Gasteiger partial charge is 0.455 e. The zero-order chi connectivity index (χ0) is 16.1. The average molecular weight is 309 g/mol. The molecule has 1 heterocycles. The Morgan fingerprint density at radius 1 is 1.36 bits per heavy atom. The van der Waals surface area contributed by atoms with Gasteiger partial charge in [0.2, 0.25) is 0 Å². The summed E-state index contributed by atoms with van der Waals surface area (Å²) in [4.78, 5) is 14.6. The predicted molar refractivity (Wildman–Crippen MR) is 72.6 cm³/mol. The number of aliphatic hydroxyl groups excluding tert-OH is 3. The number of hydrogen-bond acceptors (Lipinski definition) is 7. The van der Waals surface area contributed by atoms with E-state index in [0.29, 0.717) is 0 Å². The van der Waals surface area contributed by atoms with Crippen LogP contribution in [0.25, 0.3) is 10.4 Å². The maximum Gasteiger partial charge on any atom is 0.338 e. The molecule has 0 radical (unpaired) electrons. The number of benzene rings is 1. The lowest BCUT2D eigenvalue weighted by Gasteiger charge is -2.39. The first kappa shape index (κ1) is 16.2. The maximum absolute atomic E-state index is 12.1. The van der Waals surface area contributed by atoms with Crippen molar-refractivity contribution in [2.45, 2.75) is 30.6 Å². The summed E-state index contributed by atoms with van der Waals surface area (Å²) < 4.78 is 10.1. The van der Waals surface area contributed by atoms with Gasteiger partial charge in [-0.2, -0.15) is 0 Å². The van der Waals surface area contributed by atoms with Crippen LogP contribution in [0.2, 0.25) is 0 Å². The summed E-state index contributed by atoms with van der Waals surface area (Å²) in [7, 11) is 0. The van der Waals surface area contributed by atoms with Gasteiger partial charge in [0, 0.05) is 4.91 Å². The first-order chi connectivity index (χ1) is 10.6.